The van der Waals surface area contributed by atoms with Crippen LogP contribution in [0.25, 0.3) is 0 Å². The van der Waals surface area contributed by atoms with E-state index in [4.69, 9.17) is 23.7 Å². The molecule has 0 spiro atoms. The Bertz CT molecular complexity index is 1150. The van der Waals surface area contributed by atoms with Crippen LogP contribution < -0.4 is 0 Å². The molecule has 4 aliphatic rings. The van der Waals surface area contributed by atoms with Gasteiger partial charge < -0.3 is 23.7 Å². The van der Waals surface area contributed by atoms with Gasteiger partial charge in [-0.1, -0.05) is 34.6 Å². The van der Waals surface area contributed by atoms with Gasteiger partial charge in [0.1, 0.15) is 24.4 Å². The van der Waals surface area contributed by atoms with Crippen molar-refractivity contribution in [3.05, 3.63) is 0 Å². The lowest BCUT2D eigenvalue weighted by Gasteiger charge is -2.56. The van der Waals surface area contributed by atoms with Crippen LogP contribution in [0.3, 0.4) is 0 Å². The molecule has 0 aromatic carbocycles. The van der Waals surface area contributed by atoms with Crippen molar-refractivity contribution in [2.24, 2.45) is 52.3 Å². The fraction of sp³-hybridized carbons (Fsp3) is 0.857. The van der Waals surface area contributed by atoms with Gasteiger partial charge in [-0.25, -0.2) is 0 Å². The van der Waals surface area contributed by atoms with E-state index in [2.05, 4.69) is 34.6 Å². The van der Waals surface area contributed by atoms with Gasteiger partial charge in [-0.3, -0.25) is 24.0 Å². The molecule has 0 aromatic rings. The second-order valence-corrected chi connectivity index (χ2v) is 15.2. The molecular weight excluding hydrogens is 580 g/mol. The van der Waals surface area contributed by atoms with Gasteiger partial charge in [0.05, 0.1) is 12.5 Å². The highest BCUT2D eigenvalue weighted by Crippen LogP contribution is 2.66. The molecule has 12 atom stereocenters. The van der Waals surface area contributed by atoms with E-state index < -0.39 is 53.7 Å². The van der Waals surface area contributed by atoms with Crippen LogP contribution in [0.5, 0.6) is 0 Å². The lowest BCUT2D eigenvalue weighted by Crippen LogP contribution is -2.56. The number of fused-ring (bicyclic) bond motifs is 5. The number of esters is 5. The second-order valence-electron chi connectivity index (χ2n) is 15.2. The SMILES string of the molecule is CC(=O)OC(CC(C)C)C(OC(C)=O)[C@@H](C)[C@H]1CC[C@H]2[C@@H]3COC(=O)[C@H]4C[C@H](OC(C)=O)[C@H](OC(C)=O)C[C@]4(C)[C@H]3CC[C@]12C. The first-order valence-electron chi connectivity index (χ1n) is 16.8. The van der Waals surface area contributed by atoms with Gasteiger partial charge in [-0.2, -0.15) is 0 Å². The Morgan fingerprint density at radius 2 is 1.42 bits per heavy atom. The van der Waals surface area contributed by atoms with Gasteiger partial charge in [0.15, 0.2) is 0 Å². The molecule has 1 aliphatic heterocycles. The lowest BCUT2D eigenvalue weighted by atomic mass is 9.48. The van der Waals surface area contributed by atoms with Crippen LogP contribution in [0.1, 0.15) is 107 Å². The minimum Gasteiger partial charge on any atom is -0.465 e. The third-order valence-corrected chi connectivity index (χ3v) is 11.9. The van der Waals surface area contributed by atoms with Gasteiger partial charge in [0, 0.05) is 40.0 Å². The van der Waals surface area contributed by atoms with Crippen LogP contribution in [0.4, 0.5) is 0 Å². The zero-order chi connectivity index (χ0) is 33.4. The quantitative estimate of drug-likeness (QED) is 0.239. The molecule has 1 heterocycles. The first kappa shape index (κ1) is 35.2. The summed E-state index contributed by atoms with van der Waals surface area (Å²) in [6, 6.07) is 0. The lowest BCUT2D eigenvalue weighted by molar-refractivity contribution is -0.188. The average molecular weight is 635 g/mol. The highest BCUT2D eigenvalue weighted by molar-refractivity contribution is 5.75. The summed E-state index contributed by atoms with van der Waals surface area (Å²) in [5.74, 6) is -1.55. The molecule has 2 unspecified atom stereocenters. The minimum atomic E-state index is -0.701. The summed E-state index contributed by atoms with van der Waals surface area (Å²) in [7, 11) is 0. The molecule has 3 saturated carbocycles. The van der Waals surface area contributed by atoms with Gasteiger partial charge in [0.2, 0.25) is 0 Å². The van der Waals surface area contributed by atoms with Crippen LogP contribution in [0.15, 0.2) is 0 Å². The van der Waals surface area contributed by atoms with Crippen molar-refractivity contribution in [1.29, 1.82) is 0 Å². The highest BCUT2D eigenvalue weighted by atomic mass is 16.6. The van der Waals surface area contributed by atoms with E-state index in [0.29, 0.717) is 19.4 Å². The average Bonchev–Trinajstić information content (AvgIpc) is 3.22. The van der Waals surface area contributed by atoms with E-state index in [0.717, 1.165) is 25.7 Å². The number of rotatable bonds is 9. The first-order chi connectivity index (χ1) is 21.0. The molecule has 4 rings (SSSR count). The molecule has 10 heteroatoms. The Labute approximate surface area is 267 Å². The van der Waals surface area contributed by atoms with Crippen molar-refractivity contribution in [2.75, 3.05) is 6.61 Å². The van der Waals surface area contributed by atoms with Crippen LogP contribution in [-0.2, 0) is 47.7 Å². The maximum atomic E-state index is 13.6. The maximum absolute atomic E-state index is 13.6. The predicted molar refractivity (Wildman–Crippen MR) is 163 cm³/mol. The molecular formula is C35H54O10. The van der Waals surface area contributed by atoms with Crippen LogP contribution in [-0.4, -0.2) is 60.9 Å². The van der Waals surface area contributed by atoms with Crippen molar-refractivity contribution < 1.29 is 47.7 Å². The fourth-order valence-corrected chi connectivity index (χ4v) is 10.2. The molecule has 1 saturated heterocycles. The summed E-state index contributed by atoms with van der Waals surface area (Å²) in [6.07, 6.45) is 2.50. The Kier molecular flexibility index (Phi) is 10.6. The summed E-state index contributed by atoms with van der Waals surface area (Å²) < 4.78 is 29.1. The van der Waals surface area contributed by atoms with E-state index in [1.54, 1.807) is 0 Å². The minimum absolute atomic E-state index is 0.0623. The first-order valence-corrected chi connectivity index (χ1v) is 16.8. The van der Waals surface area contributed by atoms with Gasteiger partial charge >= 0.3 is 29.8 Å². The second kappa shape index (κ2) is 13.6. The van der Waals surface area contributed by atoms with Crippen molar-refractivity contribution in [1.82, 2.24) is 0 Å². The van der Waals surface area contributed by atoms with Crippen LogP contribution in [0.2, 0.25) is 0 Å². The summed E-state index contributed by atoms with van der Waals surface area (Å²) >= 11 is 0. The number of carbonyl (C=O) groups excluding carboxylic acids is 5. The Balaban J connectivity index is 1.64. The van der Waals surface area contributed by atoms with Crippen molar-refractivity contribution in [2.45, 2.75) is 132 Å². The van der Waals surface area contributed by atoms with E-state index >= 15 is 0 Å². The molecule has 0 N–H and O–H groups in total. The van der Waals surface area contributed by atoms with E-state index in [1.165, 1.54) is 27.7 Å². The van der Waals surface area contributed by atoms with Crippen molar-refractivity contribution in [3.8, 4) is 0 Å². The molecule has 0 amide bonds. The molecule has 10 nitrogen and oxygen atoms in total. The number of hydrogen-bond donors (Lipinski definition) is 0. The molecule has 254 valence electrons. The number of hydrogen-bond acceptors (Lipinski definition) is 10. The third-order valence-electron chi connectivity index (χ3n) is 11.9. The zero-order valence-electron chi connectivity index (χ0n) is 28.6. The molecule has 0 aromatic heterocycles. The number of carbonyl (C=O) groups is 5. The van der Waals surface area contributed by atoms with E-state index in [-0.39, 0.29) is 59.3 Å². The number of ether oxygens (including phenoxy) is 5. The van der Waals surface area contributed by atoms with Crippen LogP contribution >= 0.6 is 0 Å². The van der Waals surface area contributed by atoms with Gasteiger partial charge in [-0.05, 0) is 78.9 Å². The molecule has 45 heavy (non-hydrogen) atoms. The van der Waals surface area contributed by atoms with Crippen molar-refractivity contribution >= 4 is 29.8 Å². The summed E-state index contributed by atoms with van der Waals surface area (Å²) in [4.78, 5) is 62.1. The molecule has 0 bridgehead atoms. The zero-order valence-corrected chi connectivity index (χ0v) is 28.6. The van der Waals surface area contributed by atoms with E-state index in [9.17, 15) is 24.0 Å². The molecule has 4 fully saturated rings. The smallest absolute Gasteiger partial charge is 0.309 e. The largest absolute Gasteiger partial charge is 0.465 e. The monoisotopic (exact) mass is 634 g/mol. The van der Waals surface area contributed by atoms with Crippen molar-refractivity contribution in [3.63, 3.8) is 0 Å². The van der Waals surface area contributed by atoms with Crippen LogP contribution in [0, 0.1) is 52.3 Å². The Morgan fingerprint density at radius 1 is 0.822 bits per heavy atom. The standard InChI is InChI=1S/C35H54O10/c1-18(2)14-30(43-21(5)37)32(45-23(7)39)19(3)25-10-11-26-24-17-41-33(40)28-15-29(42-20(4)36)31(44-22(6)38)16-35(28,9)27(24)12-13-34(25,26)8/h18-19,24-32H,10-17H2,1-9H3/t19-,24-,25+,26-,27-,28+,29-,30?,31+,32?,34+,35+/m0/s1. The summed E-state index contributed by atoms with van der Waals surface area (Å²) in [6.45, 7) is 16.5. The Hall–Kier alpha value is -2.65. The fourth-order valence-electron chi connectivity index (χ4n) is 10.2. The normalized spacial score (nSPS) is 37.8. The van der Waals surface area contributed by atoms with Gasteiger partial charge in [-0.15, -0.1) is 0 Å². The predicted octanol–water partition coefficient (Wildman–Crippen LogP) is 5.43. The molecule has 0 radical (unpaired) electrons. The topological polar surface area (TPSA) is 132 Å². The third kappa shape index (κ3) is 7.19. The Morgan fingerprint density at radius 3 is 2.00 bits per heavy atom. The molecule has 3 aliphatic carbocycles. The van der Waals surface area contributed by atoms with E-state index in [1.807, 2.05) is 0 Å². The number of cyclic esters (lactones) is 1. The maximum Gasteiger partial charge on any atom is 0.309 e. The summed E-state index contributed by atoms with van der Waals surface area (Å²) in [5, 5.41) is 0. The van der Waals surface area contributed by atoms with Gasteiger partial charge in [0.25, 0.3) is 0 Å². The summed E-state index contributed by atoms with van der Waals surface area (Å²) in [5.41, 5.74) is -0.609. The highest BCUT2D eigenvalue weighted by Gasteiger charge is 2.64.